The first-order valence-electron chi connectivity index (χ1n) is 16.8. The molecule has 5 heteroatoms. The number of benzene rings is 5. The van der Waals surface area contributed by atoms with Crippen molar-refractivity contribution in [2.45, 2.75) is 19.3 Å². The van der Waals surface area contributed by atoms with Gasteiger partial charge < -0.3 is 5.73 Å². The average molecular weight is 653 g/mol. The summed E-state index contributed by atoms with van der Waals surface area (Å²) in [5.74, 6) is 1.05. The Balaban J connectivity index is 1.28. The number of hydrogen-bond acceptors (Lipinski definition) is 3. The van der Waals surface area contributed by atoms with Gasteiger partial charge in [0, 0.05) is 32.5 Å². The van der Waals surface area contributed by atoms with Crippen LogP contribution in [-0.4, -0.2) is 18.2 Å². The van der Waals surface area contributed by atoms with Crippen molar-refractivity contribution in [2.75, 3.05) is 11.6 Å². The number of aliphatic imine (C=N–C) groups is 1. The summed E-state index contributed by atoms with van der Waals surface area (Å²) < 4.78 is 1.30. The summed E-state index contributed by atoms with van der Waals surface area (Å²) in [6.45, 7) is 0.571. The lowest BCUT2D eigenvalue weighted by molar-refractivity contribution is 0.928. The molecule has 0 fully saturated rings. The van der Waals surface area contributed by atoms with E-state index in [-0.39, 0.29) is 0 Å². The van der Waals surface area contributed by atoms with Crippen molar-refractivity contribution in [3.05, 3.63) is 179 Å². The quantitative estimate of drug-likeness (QED) is 0.149. The van der Waals surface area contributed by atoms with E-state index in [1.54, 1.807) is 0 Å². The van der Waals surface area contributed by atoms with Crippen LogP contribution in [0.4, 0.5) is 5.69 Å². The van der Waals surface area contributed by atoms with Crippen molar-refractivity contribution in [3.63, 3.8) is 0 Å². The summed E-state index contributed by atoms with van der Waals surface area (Å²) >= 11 is 1.88. The van der Waals surface area contributed by atoms with Crippen molar-refractivity contribution in [1.29, 1.82) is 0 Å². The number of allylic oxidation sites excluding steroid dienone is 2. The van der Waals surface area contributed by atoms with Crippen molar-refractivity contribution in [3.8, 4) is 22.3 Å². The highest BCUT2D eigenvalue weighted by atomic mass is 32.1. The second kappa shape index (κ2) is 13.8. The summed E-state index contributed by atoms with van der Waals surface area (Å²) in [6, 6.07) is 44.9. The molecular formula is C44H36N4S. The Bertz CT molecular complexity index is 2280. The Morgan fingerprint density at radius 2 is 1.37 bits per heavy atom. The molecule has 0 radical (unpaired) electrons. The predicted molar refractivity (Wildman–Crippen MR) is 209 cm³/mol. The van der Waals surface area contributed by atoms with Crippen molar-refractivity contribution >= 4 is 44.9 Å². The topological polar surface area (TPSA) is 54.0 Å². The van der Waals surface area contributed by atoms with Crippen molar-refractivity contribution < 1.29 is 0 Å². The van der Waals surface area contributed by atoms with E-state index in [2.05, 4.69) is 132 Å². The molecule has 8 rings (SSSR count). The third kappa shape index (κ3) is 6.54. The normalized spacial score (nSPS) is 15.5. The first-order chi connectivity index (χ1) is 24.2. The minimum atomic E-state index is 0.473. The van der Waals surface area contributed by atoms with Gasteiger partial charge in [-0.2, -0.15) is 5.10 Å². The lowest BCUT2D eigenvalue weighted by atomic mass is 9.97. The Labute approximate surface area is 291 Å². The number of amidine groups is 2. The second-order valence-electron chi connectivity index (χ2n) is 12.3. The van der Waals surface area contributed by atoms with Crippen LogP contribution in [0.2, 0.25) is 0 Å². The van der Waals surface area contributed by atoms with Crippen LogP contribution in [0.5, 0.6) is 0 Å². The first-order valence-corrected chi connectivity index (χ1v) is 17.6. The number of fused-ring (bicyclic) bond motifs is 4. The third-order valence-corrected chi connectivity index (χ3v) is 10.2. The van der Waals surface area contributed by atoms with Crippen LogP contribution in [0.25, 0.3) is 38.4 Å². The van der Waals surface area contributed by atoms with E-state index in [1.807, 2.05) is 41.7 Å². The first kappa shape index (κ1) is 30.5. The van der Waals surface area contributed by atoms with Crippen LogP contribution >= 0.6 is 11.3 Å². The second-order valence-corrected chi connectivity index (χ2v) is 13.4. The fraction of sp³-hybridized carbons (Fsp3) is 0.0909. The van der Waals surface area contributed by atoms with E-state index in [0.717, 1.165) is 36.1 Å². The number of hydrogen-bond donors (Lipinski definition) is 1. The minimum absolute atomic E-state index is 0.473. The highest BCUT2D eigenvalue weighted by Crippen LogP contribution is 2.39. The SMILES string of the molecule is NC(=N/C(=N\N1C/C=C\c2c(sc3ccc(-c4ccccc4)cc23)Cc2cc(-c3ccccc3)ccc21)c1ccccc1)C1=CCCC=C1. The fourth-order valence-electron chi connectivity index (χ4n) is 6.55. The van der Waals surface area contributed by atoms with Gasteiger partial charge in [-0.3, -0.25) is 5.01 Å². The molecule has 0 unspecified atom stereocenters. The van der Waals surface area contributed by atoms with Gasteiger partial charge in [-0.1, -0.05) is 134 Å². The zero-order valence-corrected chi connectivity index (χ0v) is 28.0. The summed E-state index contributed by atoms with van der Waals surface area (Å²) in [4.78, 5) is 6.29. The molecule has 0 spiro atoms. The monoisotopic (exact) mass is 652 g/mol. The highest BCUT2D eigenvalue weighted by molar-refractivity contribution is 7.19. The lowest BCUT2D eigenvalue weighted by Crippen LogP contribution is -2.23. The molecule has 0 atom stereocenters. The molecule has 0 bridgehead atoms. The van der Waals surface area contributed by atoms with Crippen LogP contribution in [-0.2, 0) is 6.42 Å². The molecular weight excluding hydrogens is 617 g/mol. The van der Waals surface area contributed by atoms with Crippen molar-refractivity contribution in [1.82, 2.24) is 0 Å². The molecule has 1 aliphatic heterocycles. The Morgan fingerprint density at radius 1 is 0.673 bits per heavy atom. The number of thiophene rings is 1. The van der Waals surface area contributed by atoms with Crippen LogP contribution in [0.3, 0.4) is 0 Å². The smallest absolute Gasteiger partial charge is 0.181 e. The molecule has 49 heavy (non-hydrogen) atoms. The molecule has 0 saturated heterocycles. The molecule has 0 saturated carbocycles. The van der Waals surface area contributed by atoms with Gasteiger partial charge >= 0.3 is 0 Å². The molecule has 2 N–H and O–H groups in total. The number of nitrogens with two attached hydrogens (primary N) is 1. The van der Waals surface area contributed by atoms with Gasteiger partial charge in [0.1, 0.15) is 5.84 Å². The van der Waals surface area contributed by atoms with E-state index in [0.29, 0.717) is 18.2 Å². The molecule has 1 aliphatic carbocycles. The number of rotatable bonds is 5. The van der Waals surface area contributed by atoms with Gasteiger partial charge in [0.25, 0.3) is 0 Å². The van der Waals surface area contributed by atoms with E-state index in [9.17, 15) is 0 Å². The van der Waals surface area contributed by atoms with Gasteiger partial charge in [-0.25, -0.2) is 4.99 Å². The summed E-state index contributed by atoms with van der Waals surface area (Å²) in [7, 11) is 0. The van der Waals surface area contributed by atoms with Crippen LogP contribution in [0.15, 0.2) is 167 Å². The van der Waals surface area contributed by atoms with E-state index < -0.39 is 0 Å². The molecule has 1 aromatic heterocycles. The minimum Gasteiger partial charge on any atom is -0.383 e. The number of nitrogens with zero attached hydrogens (tertiary/aromatic N) is 3. The Hall–Kier alpha value is -5.78. The lowest BCUT2D eigenvalue weighted by Gasteiger charge is -2.22. The van der Waals surface area contributed by atoms with Gasteiger partial charge in [0.15, 0.2) is 5.84 Å². The molecule has 238 valence electrons. The van der Waals surface area contributed by atoms with Gasteiger partial charge in [-0.05, 0) is 70.5 Å². The maximum Gasteiger partial charge on any atom is 0.181 e. The molecule has 2 heterocycles. The van der Waals surface area contributed by atoms with Crippen LogP contribution in [0.1, 0.15) is 34.4 Å². The highest BCUT2D eigenvalue weighted by Gasteiger charge is 2.20. The van der Waals surface area contributed by atoms with Crippen LogP contribution < -0.4 is 10.7 Å². The maximum atomic E-state index is 6.62. The summed E-state index contributed by atoms with van der Waals surface area (Å²) in [6.07, 6.45) is 13.6. The number of anilines is 1. The molecule has 4 nitrogen and oxygen atoms in total. The average Bonchev–Trinajstić information content (AvgIpc) is 3.53. The van der Waals surface area contributed by atoms with Crippen molar-refractivity contribution in [2.24, 2.45) is 15.8 Å². The number of hydrazone groups is 1. The molecule has 5 aromatic carbocycles. The fourth-order valence-corrected chi connectivity index (χ4v) is 7.74. The summed E-state index contributed by atoms with van der Waals surface area (Å²) in [5, 5.41) is 8.64. The maximum absolute atomic E-state index is 6.62. The van der Waals surface area contributed by atoms with Gasteiger partial charge in [0.05, 0.1) is 12.2 Å². The predicted octanol–water partition coefficient (Wildman–Crippen LogP) is 10.7. The zero-order valence-electron chi connectivity index (χ0n) is 27.2. The van der Waals surface area contributed by atoms with Gasteiger partial charge in [0.2, 0.25) is 0 Å². The Kier molecular flexibility index (Phi) is 8.57. The largest absolute Gasteiger partial charge is 0.383 e. The zero-order chi connectivity index (χ0) is 33.0. The Morgan fingerprint density at radius 3 is 2.08 bits per heavy atom. The third-order valence-electron chi connectivity index (χ3n) is 9.05. The molecule has 6 aromatic rings. The van der Waals surface area contributed by atoms with E-state index in [1.165, 1.54) is 48.3 Å². The van der Waals surface area contributed by atoms with Crippen LogP contribution in [0, 0.1) is 0 Å². The molecule has 0 amide bonds. The molecule has 2 aliphatic rings. The summed E-state index contributed by atoms with van der Waals surface area (Å²) in [5.41, 5.74) is 16.9. The van der Waals surface area contributed by atoms with Gasteiger partial charge in [-0.15, -0.1) is 11.3 Å². The standard InChI is InChI=1S/C44H36N4S/c45-43(33-18-9-3-10-19-33)46-44(34-20-11-4-12-21-34)47-48-27-13-22-38-39-29-36(32-16-7-2-8-17-32)24-26-41(39)49-42(38)30-37-28-35(23-25-40(37)48)31-14-5-1-6-15-31/h1-2,4-9,11-26,28-29H,3,10,27,30H2,(H2,45,46,47)/b22-13-. The van der Waals surface area contributed by atoms with E-state index >= 15 is 0 Å². The van der Waals surface area contributed by atoms with E-state index in [4.69, 9.17) is 15.8 Å².